The Kier molecular flexibility index (Phi) is 5.03. The number of hydrogen-bond acceptors (Lipinski definition) is 1. The molecule has 1 aromatic rings. The monoisotopic (exact) mass is 220 g/mol. The lowest BCUT2D eigenvalue weighted by atomic mass is 9.96. The molecule has 0 spiro atoms. The Bertz CT molecular complexity index is 342. The molecule has 2 nitrogen and oxygen atoms in total. The molecule has 0 fully saturated rings. The lowest BCUT2D eigenvalue weighted by molar-refractivity contribution is -0.136. The fourth-order valence-electron chi connectivity index (χ4n) is 1.73. The Morgan fingerprint density at radius 1 is 1.19 bits per heavy atom. The van der Waals surface area contributed by atoms with Gasteiger partial charge in [-0.2, -0.15) is 0 Å². The molecular weight excluding hydrogens is 200 g/mol. The highest BCUT2D eigenvalue weighted by Crippen LogP contribution is 2.15. The molecule has 88 valence electrons. The van der Waals surface area contributed by atoms with Crippen molar-refractivity contribution < 1.29 is 9.90 Å². The molecule has 0 atom stereocenters. The largest absolute Gasteiger partial charge is 0.481 e. The third-order valence-corrected chi connectivity index (χ3v) is 2.72. The summed E-state index contributed by atoms with van der Waals surface area (Å²) in [4.78, 5) is 10.6. The SMILES string of the molecule is CC(C)CCc1ccccc1CCC(=O)O. The van der Waals surface area contributed by atoms with Crippen LogP contribution in [0.25, 0.3) is 0 Å². The van der Waals surface area contributed by atoms with Gasteiger partial charge in [-0.15, -0.1) is 0 Å². The van der Waals surface area contributed by atoms with Gasteiger partial charge in [-0.3, -0.25) is 4.79 Å². The second-order valence-electron chi connectivity index (χ2n) is 4.59. The molecule has 16 heavy (non-hydrogen) atoms. The first-order chi connectivity index (χ1) is 7.59. The number of carboxylic acids is 1. The minimum atomic E-state index is -0.723. The van der Waals surface area contributed by atoms with Crippen LogP contribution in [0.5, 0.6) is 0 Å². The van der Waals surface area contributed by atoms with Gasteiger partial charge in [-0.1, -0.05) is 38.1 Å². The molecule has 1 rings (SSSR count). The maximum absolute atomic E-state index is 10.6. The molecular formula is C14H20O2. The molecule has 2 heteroatoms. The molecule has 0 aromatic heterocycles. The molecule has 1 N–H and O–H groups in total. The van der Waals surface area contributed by atoms with E-state index in [2.05, 4.69) is 19.9 Å². The predicted octanol–water partition coefficient (Wildman–Crippen LogP) is 3.29. The van der Waals surface area contributed by atoms with E-state index < -0.39 is 5.97 Å². The number of hydrogen-bond donors (Lipinski definition) is 1. The van der Waals surface area contributed by atoms with Gasteiger partial charge in [0.25, 0.3) is 0 Å². The molecule has 0 radical (unpaired) electrons. The van der Waals surface area contributed by atoms with Crippen LogP contribution in [0.2, 0.25) is 0 Å². The van der Waals surface area contributed by atoms with E-state index in [0.717, 1.165) is 12.8 Å². The molecule has 0 bridgehead atoms. The standard InChI is InChI=1S/C14H20O2/c1-11(2)7-8-12-5-3-4-6-13(12)9-10-14(15)16/h3-6,11H,7-10H2,1-2H3,(H,15,16). The van der Waals surface area contributed by atoms with Crippen LogP contribution in [0.4, 0.5) is 0 Å². The van der Waals surface area contributed by atoms with Gasteiger partial charge in [0.15, 0.2) is 0 Å². The molecule has 0 amide bonds. The van der Waals surface area contributed by atoms with E-state index in [1.54, 1.807) is 0 Å². The summed E-state index contributed by atoms with van der Waals surface area (Å²) in [6.45, 7) is 4.42. The first kappa shape index (κ1) is 12.8. The number of carboxylic acid groups (broad SMARTS) is 1. The van der Waals surface area contributed by atoms with E-state index in [1.807, 2.05) is 18.2 Å². The number of aryl methyl sites for hydroxylation is 2. The van der Waals surface area contributed by atoms with Crippen LogP contribution in [-0.2, 0) is 17.6 Å². The average Bonchev–Trinajstić information content (AvgIpc) is 2.24. The number of aliphatic carboxylic acids is 1. The van der Waals surface area contributed by atoms with Crippen LogP contribution in [0.3, 0.4) is 0 Å². The fourth-order valence-corrected chi connectivity index (χ4v) is 1.73. The highest BCUT2D eigenvalue weighted by atomic mass is 16.4. The van der Waals surface area contributed by atoms with Crippen LogP contribution >= 0.6 is 0 Å². The van der Waals surface area contributed by atoms with Crippen LogP contribution in [-0.4, -0.2) is 11.1 Å². The maximum atomic E-state index is 10.6. The van der Waals surface area contributed by atoms with Crippen molar-refractivity contribution in [3.05, 3.63) is 35.4 Å². The van der Waals surface area contributed by atoms with E-state index in [0.29, 0.717) is 12.3 Å². The molecule has 0 aliphatic carbocycles. The highest BCUT2D eigenvalue weighted by Gasteiger charge is 2.05. The maximum Gasteiger partial charge on any atom is 0.303 e. The van der Waals surface area contributed by atoms with Crippen LogP contribution < -0.4 is 0 Å². The highest BCUT2D eigenvalue weighted by molar-refractivity contribution is 5.67. The van der Waals surface area contributed by atoms with Crippen molar-refractivity contribution in [2.24, 2.45) is 5.92 Å². The van der Waals surface area contributed by atoms with Crippen molar-refractivity contribution in [3.8, 4) is 0 Å². The molecule has 0 unspecified atom stereocenters. The molecule has 0 aliphatic heterocycles. The van der Waals surface area contributed by atoms with Gasteiger partial charge >= 0.3 is 5.97 Å². The van der Waals surface area contributed by atoms with Crippen molar-refractivity contribution in [1.82, 2.24) is 0 Å². The fraction of sp³-hybridized carbons (Fsp3) is 0.500. The molecule has 1 aromatic carbocycles. The molecule has 0 saturated heterocycles. The quantitative estimate of drug-likeness (QED) is 0.798. The van der Waals surface area contributed by atoms with Crippen molar-refractivity contribution >= 4 is 5.97 Å². The third-order valence-electron chi connectivity index (χ3n) is 2.72. The minimum absolute atomic E-state index is 0.221. The van der Waals surface area contributed by atoms with Gasteiger partial charge in [-0.25, -0.2) is 0 Å². The van der Waals surface area contributed by atoms with Gasteiger partial charge in [0.1, 0.15) is 0 Å². The van der Waals surface area contributed by atoms with Gasteiger partial charge in [0.2, 0.25) is 0 Å². The summed E-state index contributed by atoms with van der Waals surface area (Å²) in [5, 5.41) is 8.68. The van der Waals surface area contributed by atoms with Gasteiger partial charge < -0.3 is 5.11 Å². The summed E-state index contributed by atoms with van der Waals surface area (Å²) < 4.78 is 0. The Balaban J connectivity index is 2.63. The molecule has 0 heterocycles. The lowest BCUT2D eigenvalue weighted by Gasteiger charge is -2.09. The van der Waals surface area contributed by atoms with Crippen molar-refractivity contribution in [1.29, 1.82) is 0 Å². The number of rotatable bonds is 6. The predicted molar refractivity (Wildman–Crippen MR) is 65.6 cm³/mol. The Labute approximate surface area is 97.3 Å². The van der Waals surface area contributed by atoms with E-state index in [-0.39, 0.29) is 6.42 Å². The number of carbonyl (C=O) groups is 1. The Morgan fingerprint density at radius 2 is 1.75 bits per heavy atom. The third kappa shape index (κ3) is 4.47. The zero-order valence-corrected chi connectivity index (χ0v) is 10.1. The van der Waals surface area contributed by atoms with Crippen molar-refractivity contribution in [3.63, 3.8) is 0 Å². The minimum Gasteiger partial charge on any atom is -0.481 e. The second-order valence-corrected chi connectivity index (χ2v) is 4.59. The summed E-state index contributed by atoms with van der Waals surface area (Å²) in [6, 6.07) is 8.16. The van der Waals surface area contributed by atoms with Crippen LogP contribution in [0.15, 0.2) is 24.3 Å². The van der Waals surface area contributed by atoms with Crippen LogP contribution in [0.1, 0.15) is 37.8 Å². The van der Waals surface area contributed by atoms with Gasteiger partial charge in [-0.05, 0) is 36.3 Å². The van der Waals surface area contributed by atoms with Crippen molar-refractivity contribution in [2.75, 3.05) is 0 Å². The summed E-state index contributed by atoms with van der Waals surface area (Å²) in [6.07, 6.45) is 3.07. The average molecular weight is 220 g/mol. The Morgan fingerprint density at radius 3 is 2.25 bits per heavy atom. The lowest BCUT2D eigenvalue weighted by Crippen LogP contribution is -2.01. The van der Waals surface area contributed by atoms with E-state index in [9.17, 15) is 4.79 Å². The molecule has 0 saturated carbocycles. The summed E-state index contributed by atoms with van der Waals surface area (Å²) in [5.74, 6) is -0.0359. The molecule has 0 aliphatic rings. The number of benzene rings is 1. The van der Waals surface area contributed by atoms with Gasteiger partial charge in [0.05, 0.1) is 0 Å². The summed E-state index contributed by atoms with van der Waals surface area (Å²) >= 11 is 0. The van der Waals surface area contributed by atoms with E-state index in [1.165, 1.54) is 11.1 Å². The topological polar surface area (TPSA) is 37.3 Å². The normalized spacial score (nSPS) is 10.7. The first-order valence-corrected chi connectivity index (χ1v) is 5.88. The smallest absolute Gasteiger partial charge is 0.303 e. The summed E-state index contributed by atoms with van der Waals surface area (Å²) in [7, 11) is 0. The van der Waals surface area contributed by atoms with Crippen LogP contribution in [0, 0.1) is 5.92 Å². The summed E-state index contributed by atoms with van der Waals surface area (Å²) in [5.41, 5.74) is 2.49. The van der Waals surface area contributed by atoms with Gasteiger partial charge in [0, 0.05) is 6.42 Å². The second kappa shape index (κ2) is 6.31. The van der Waals surface area contributed by atoms with E-state index >= 15 is 0 Å². The Hall–Kier alpha value is -1.31. The van der Waals surface area contributed by atoms with Crippen molar-refractivity contribution in [2.45, 2.75) is 39.5 Å². The zero-order chi connectivity index (χ0) is 12.0. The first-order valence-electron chi connectivity index (χ1n) is 5.88. The van der Waals surface area contributed by atoms with E-state index in [4.69, 9.17) is 5.11 Å². The zero-order valence-electron chi connectivity index (χ0n) is 10.1.